The minimum atomic E-state index is -0.0431. The summed E-state index contributed by atoms with van der Waals surface area (Å²) >= 11 is 0. The Balaban J connectivity index is 0. The van der Waals surface area contributed by atoms with Crippen LogP contribution in [0.25, 0.3) is 0 Å². The fraction of sp³-hybridized carbons (Fsp3) is 0.917. The number of piperazine rings is 1. The van der Waals surface area contributed by atoms with Crippen LogP contribution in [0.3, 0.4) is 0 Å². The second kappa shape index (κ2) is 11.7. The summed E-state index contributed by atoms with van der Waals surface area (Å²) in [7, 11) is 0. The number of carbonyl (C=O) groups is 1. The fourth-order valence-electron chi connectivity index (χ4n) is 1.96. The lowest BCUT2D eigenvalue weighted by Crippen LogP contribution is -2.50. The van der Waals surface area contributed by atoms with E-state index in [0.29, 0.717) is 6.42 Å². The smallest absolute Gasteiger partial charge is 0.224 e. The highest BCUT2D eigenvalue weighted by molar-refractivity contribution is 5.85. The van der Waals surface area contributed by atoms with E-state index in [2.05, 4.69) is 4.90 Å². The summed E-state index contributed by atoms with van der Waals surface area (Å²) in [6, 6.07) is -0.0431. The average Bonchev–Trinajstić information content (AvgIpc) is 2.29. The van der Waals surface area contributed by atoms with E-state index in [9.17, 15) is 4.79 Å². The Morgan fingerprint density at radius 3 is 2.32 bits per heavy atom. The molecule has 1 fully saturated rings. The standard InChI is InChI=1S/C12H25N3O2.2ClH/c1-3-17-9-8-14-4-6-15(7-5-14)12(16)10-11(2)13;;/h11H,3-10,13H2,1-2H3;2*1H. The van der Waals surface area contributed by atoms with Crippen LogP contribution in [0.4, 0.5) is 0 Å². The molecule has 1 aliphatic heterocycles. The third-order valence-electron chi connectivity index (χ3n) is 2.98. The number of nitrogens with two attached hydrogens (primary N) is 1. The van der Waals surface area contributed by atoms with Gasteiger partial charge in [-0.1, -0.05) is 0 Å². The molecule has 1 unspecified atom stereocenters. The minimum absolute atomic E-state index is 0. The van der Waals surface area contributed by atoms with Crippen LogP contribution in [-0.2, 0) is 9.53 Å². The van der Waals surface area contributed by atoms with Gasteiger partial charge in [0.1, 0.15) is 0 Å². The van der Waals surface area contributed by atoms with Gasteiger partial charge < -0.3 is 15.4 Å². The molecular weight excluding hydrogens is 289 g/mol. The maximum Gasteiger partial charge on any atom is 0.224 e. The SMILES string of the molecule is CCOCCN1CCN(C(=O)CC(C)N)CC1.Cl.Cl. The molecule has 1 saturated heterocycles. The second-order valence-electron chi connectivity index (χ2n) is 4.60. The van der Waals surface area contributed by atoms with Gasteiger partial charge in [0, 0.05) is 51.8 Å². The number of nitrogens with zero attached hydrogens (tertiary/aromatic N) is 2. The molecule has 7 heteroatoms. The normalized spacial score (nSPS) is 17.3. The third-order valence-corrected chi connectivity index (χ3v) is 2.98. The van der Waals surface area contributed by atoms with E-state index in [1.807, 2.05) is 18.7 Å². The predicted molar refractivity (Wildman–Crippen MR) is 82.3 cm³/mol. The first-order valence-corrected chi connectivity index (χ1v) is 6.47. The van der Waals surface area contributed by atoms with Crippen LogP contribution in [0.15, 0.2) is 0 Å². The van der Waals surface area contributed by atoms with Crippen molar-refractivity contribution < 1.29 is 9.53 Å². The van der Waals surface area contributed by atoms with Crippen LogP contribution in [0.2, 0.25) is 0 Å². The lowest BCUT2D eigenvalue weighted by molar-refractivity contribution is -0.133. The molecule has 1 aliphatic rings. The number of halogens is 2. The van der Waals surface area contributed by atoms with Crippen molar-refractivity contribution in [1.82, 2.24) is 9.80 Å². The third kappa shape index (κ3) is 8.65. The monoisotopic (exact) mass is 315 g/mol. The van der Waals surface area contributed by atoms with Gasteiger partial charge in [-0.25, -0.2) is 0 Å². The molecule has 0 aromatic rings. The lowest BCUT2D eigenvalue weighted by atomic mass is 10.2. The van der Waals surface area contributed by atoms with E-state index in [1.54, 1.807) is 0 Å². The number of hydrogen-bond donors (Lipinski definition) is 1. The topological polar surface area (TPSA) is 58.8 Å². The van der Waals surface area contributed by atoms with E-state index in [-0.39, 0.29) is 36.8 Å². The van der Waals surface area contributed by atoms with Crippen molar-refractivity contribution in [3.8, 4) is 0 Å². The van der Waals surface area contributed by atoms with Crippen LogP contribution >= 0.6 is 24.8 Å². The van der Waals surface area contributed by atoms with Crippen LogP contribution in [0, 0.1) is 0 Å². The summed E-state index contributed by atoms with van der Waals surface area (Å²) in [5.74, 6) is 0.185. The summed E-state index contributed by atoms with van der Waals surface area (Å²) in [6.07, 6.45) is 0.457. The summed E-state index contributed by atoms with van der Waals surface area (Å²) in [6.45, 7) is 9.91. The molecule has 0 radical (unpaired) electrons. The maximum atomic E-state index is 11.8. The van der Waals surface area contributed by atoms with Crippen LogP contribution in [0.5, 0.6) is 0 Å². The van der Waals surface area contributed by atoms with E-state index >= 15 is 0 Å². The van der Waals surface area contributed by atoms with E-state index < -0.39 is 0 Å². The Hall–Kier alpha value is -0.0700. The largest absolute Gasteiger partial charge is 0.380 e. The fourth-order valence-corrected chi connectivity index (χ4v) is 1.96. The Labute approximate surface area is 128 Å². The number of carbonyl (C=O) groups excluding carboxylic acids is 1. The van der Waals surface area contributed by atoms with Crippen LogP contribution in [0.1, 0.15) is 20.3 Å². The molecule has 0 spiro atoms. The molecule has 1 atom stereocenters. The molecule has 0 aromatic carbocycles. The molecule has 2 N–H and O–H groups in total. The molecule has 116 valence electrons. The molecule has 1 amide bonds. The first kappa shape index (κ1) is 21.2. The van der Waals surface area contributed by atoms with Crippen LogP contribution < -0.4 is 5.73 Å². The van der Waals surface area contributed by atoms with E-state index in [4.69, 9.17) is 10.5 Å². The van der Waals surface area contributed by atoms with Gasteiger partial charge in [-0.3, -0.25) is 9.69 Å². The van der Waals surface area contributed by atoms with Crippen molar-refractivity contribution in [2.45, 2.75) is 26.3 Å². The van der Waals surface area contributed by atoms with Gasteiger partial charge >= 0.3 is 0 Å². The predicted octanol–water partition coefficient (Wildman–Crippen LogP) is 0.748. The Morgan fingerprint density at radius 1 is 1.26 bits per heavy atom. The number of rotatable bonds is 6. The highest BCUT2D eigenvalue weighted by atomic mass is 35.5. The van der Waals surface area contributed by atoms with Crippen molar-refractivity contribution in [1.29, 1.82) is 0 Å². The summed E-state index contributed by atoms with van der Waals surface area (Å²) in [5, 5.41) is 0. The van der Waals surface area contributed by atoms with Gasteiger partial charge in [-0.15, -0.1) is 24.8 Å². The lowest BCUT2D eigenvalue weighted by Gasteiger charge is -2.35. The highest BCUT2D eigenvalue weighted by Crippen LogP contribution is 2.04. The molecule has 0 aromatic heterocycles. The summed E-state index contributed by atoms with van der Waals surface area (Å²) in [4.78, 5) is 16.0. The molecule has 0 saturated carbocycles. The molecule has 1 heterocycles. The molecule has 0 aliphatic carbocycles. The number of hydrogen-bond acceptors (Lipinski definition) is 4. The van der Waals surface area contributed by atoms with E-state index in [0.717, 1.165) is 45.9 Å². The van der Waals surface area contributed by atoms with Crippen molar-refractivity contribution in [3.63, 3.8) is 0 Å². The van der Waals surface area contributed by atoms with Gasteiger partial charge in [0.2, 0.25) is 5.91 Å². The first-order chi connectivity index (χ1) is 8.13. The molecular formula is C12H27Cl2N3O2. The number of amides is 1. The zero-order valence-electron chi connectivity index (χ0n) is 11.8. The molecule has 19 heavy (non-hydrogen) atoms. The summed E-state index contributed by atoms with van der Waals surface area (Å²) in [5.41, 5.74) is 5.63. The van der Waals surface area contributed by atoms with Crippen LogP contribution in [-0.4, -0.2) is 67.7 Å². The van der Waals surface area contributed by atoms with Gasteiger partial charge in [-0.05, 0) is 13.8 Å². The van der Waals surface area contributed by atoms with Crippen molar-refractivity contribution >= 4 is 30.7 Å². The zero-order valence-corrected chi connectivity index (χ0v) is 13.5. The Bertz CT molecular complexity index is 235. The highest BCUT2D eigenvalue weighted by Gasteiger charge is 2.21. The quantitative estimate of drug-likeness (QED) is 0.735. The molecule has 1 rings (SSSR count). The molecule has 5 nitrogen and oxygen atoms in total. The Morgan fingerprint density at radius 2 is 1.84 bits per heavy atom. The average molecular weight is 316 g/mol. The van der Waals surface area contributed by atoms with Crippen molar-refractivity contribution in [2.24, 2.45) is 5.73 Å². The van der Waals surface area contributed by atoms with Crippen molar-refractivity contribution in [3.05, 3.63) is 0 Å². The van der Waals surface area contributed by atoms with Gasteiger partial charge in [0.05, 0.1) is 6.61 Å². The maximum absolute atomic E-state index is 11.8. The minimum Gasteiger partial charge on any atom is -0.380 e. The molecule has 0 bridgehead atoms. The van der Waals surface area contributed by atoms with Crippen molar-refractivity contribution in [2.75, 3.05) is 45.9 Å². The first-order valence-electron chi connectivity index (χ1n) is 6.47. The van der Waals surface area contributed by atoms with Gasteiger partial charge in [0.25, 0.3) is 0 Å². The Kier molecular flexibility index (Phi) is 13.1. The zero-order chi connectivity index (χ0) is 12.7. The van der Waals surface area contributed by atoms with Gasteiger partial charge in [-0.2, -0.15) is 0 Å². The second-order valence-corrected chi connectivity index (χ2v) is 4.60. The number of ether oxygens (including phenoxy) is 1. The van der Waals surface area contributed by atoms with Gasteiger partial charge in [0.15, 0.2) is 0 Å². The van der Waals surface area contributed by atoms with E-state index in [1.165, 1.54) is 0 Å². The summed E-state index contributed by atoms with van der Waals surface area (Å²) < 4.78 is 5.32.